The number of aryl methyl sites for hydroxylation is 1. The highest BCUT2D eigenvalue weighted by Crippen LogP contribution is 2.21. The predicted octanol–water partition coefficient (Wildman–Crippen LogP) is 3.95. The summed E-state index contributed by atoms with van der Waals surface area (Å²) in [6, 6.07) is 7.55. The number of aromatic nitrogens is 1. The fourth-order valence-electron chi connectivity index (χ4n) is 2.44. The smallest absolute Gasteiger partial charge is 0.126 e. The Kier molecular flexibility index (Phi) is 5.39. The summed E-state index contributed by atoms with van der Waals surface area (Å²) in [4.78, 5) is 4.30. The number of nitrogens with zero attached hydrogens (tertiary/aromatic N) is 1. The third-order valence-corrected chi connectivity index (χ3v) is 3.43. The summed E-state index contributed by atoms with van der Waals surface area (Å²) in [5.41, 5.74) is 2.64. The van der Waals surface area contributed by atoms with Crippen molar-refractivity contribution in [2.45, 2.75) is 32.7 Å². The van der Waals surface area contributed by atoms with Crippen LogP contribution < -0.4 is 5.32 Å². The average Bonchev–Trinajstić information content (AvgIpc) is 2.43. The van der Waals surface area contributed by atoms with E-state index in [1.165, 1.54) is 12.1 Å². The van der Waals surface area contributed by atoms with Crippen molar-refractivity contribution in [2.24, 2.45) is 0 Å². The van der Waals surface area contributed by atoms with Crippen LogP contribution in [0.3, 0.4) is 0 Å². The van der Waals surface area contributed by atoms with Crippen LogP contribution in [0.5, 0.6) is 0 Å². The maximum absolute atomic E-state index is 13.3. The molecule has 1 unspecified atom stereocenters. The lowest BCUT2D eigenvalue weighted by Gasteiger charge is -2.20. The van der Waals surface area contributed by atoms with Gasteiger partial charge in [-0.05, 0) is 55.6 Å². The van der Waals surface area contributed by atoms with Gasteiger partial charge in [-0.1, -0.05) is 13.0 Å². The maximum Gasteiger partial charge on any atom is 0.126 e. The molecule has 2 nitrogen and oxygen atoms in total. The van der Waals surface area contributed by atoms with Gasteiger partial charge in [0.1, 0.15) is 11.6 Å². The molecule has 1 atom stereocenters. The molecule has 0 spiro atoms. The number of hydrogen-bond acceptors (Lipinski definition) is 2. The molecule has 0 aliphatic rings. The Balaban J connectivity index is 2.26. The summed E-state index contributed by atoms with van der Waals surface area (Å²) in [5.74, 6) is -1.08. The van der Waals surface area contributed by atoms with Gasteiger partial charge in [0, 0.05) is 24.0 Å². The lowest BCUT2D eigenvalue weighted by molar-refractivity contribution is 0.519. The summed E-state index contributed by atoms with van der Waals surface area (Å²) >= 11 is 0. The molecule has 0 saturated heterocycles. The molecule has 0 aliphatic carbocycles. The zero-order valence-electron chi connectivity index (χ0n) is 12.4. The van der Waals surface area contributed by atoms with E-state index >= 15 is 0 Å². The first-order valence-corrected chi connectivity index (χ1v) is 7.20. The molecule has 1 aromatic carbocycles. The van der Waals surface area contributed by atoms with Gasteiger partial charge in [-0.15, -0.1) is 0 Å². The van der Waals surface area contributed by atoms with Crippen molar-refractivity contribution < 1.29 is 8.78 Å². The topological polar surface area (TPSA) is 24.9 Å². The van der Waals surface area contributed by atoms with Gasteiger partial charge in [0.25, 0.3) is 0 Å². The lowest BCUT2D eigenvalue weighted by Crippen LogP contribution is -2.25. The molecule has 112 valence electrons. The first-order valence-electron chi connectivity index (χ1n) is 7.20. The van der Waals surface area contributed by atoms with Crippen LogP contribution in [0, 0.1) is 18.6 Å². The molecule has 1 heterocycles. The Hall–Kier alpha value is -1.81. The van der Waals surface area contributed by atoms with Gasteiger partial charge in [-0.25, -0.2) is 8.78 Å². The second kappa shape index (κ2) is 7.27. The van der Waals surface area contributed by atoms with E-state index in [-0.39, 0.29) is 6.04 Å². The SMILES string of the molecule is CCCNC(Cc1cc(F)cc(F)c1)c1cccnc1C. The molecule has 2 rings (SSSR count). The molecule has 0 radical (unpaired) electrons. The van der Waals surface area contributed by atoms with E-state index in [0.29, 0.717) is 12.0 Å². The van der Waals surface area contributed by atoms with Gasteiger partial charge < -0.3 is 5.32 Å². The van der Waals surface area contributed by atoms with E-state index in [2.05, 4.69) is 17.2 Å². The zero-order valence-corrected chi connectivity index (χ0v) is 12.4. The molecule has 4 heteroatoms. The first-order chi connectivity index (χ1) is 10.1. The molecule has 1 aromatic heterocycles. The molecule has 0 bridgehead atoms. The monoisotopic (exact) mass is 290 g/mol. The van der Waals surface area contributed by atoms with E-state index in [4.69, 9.17) is 0 Å². The van der Waals surface area contributed by atoms with Crippen LogP contribution >= 0.6 is 0 Å². The minimum Gasteiger partial charge on any atom is -0.310 e. The maximum atomic E-state index is 13.3. The number of rotatable bonds is 6. The lowest BCUT2D eigenvalue weighted by atomic mass is 9.97. The van der Waals surface area contributed by atoms with Crippen LogP contribution in [0.1, 0.15) is 36.2 Å². The van der Waals surface area contributed by atoms with Gasteiger partial charge in [-0.3, -0.25) is 4.98 Å². The quantitative estimate of drug-likeness (QED) is 0.871. The summed E-state index contributed by atoms with van der Waals surface area (Å²) < 4.78 is 26.7. The fourth-order valence-corrected chi connectivity index (χ4v) is 2.44. The third kappa shape index (κ3) is 4.33. The summed E-state index contributed by atoms with van der Waals surface area (Å²) in [6.07, 6.45) is 3.27. The van der Waals surface area contributed by atoms with Crippen LogP contribution in [-0.2, 0) is 6.42 Å². The molecule has 0 saturated carbocycles. The van der Waals surface area contributed by atoms with E-state index in [1.54, 1.807) is 6.20 Å². The van der Waals surface area contributed by atoms with Crippen LogP contribution in [0.2, 0.25) is 0 Å². The van der Waals surface area contributed by atoms with E-state index in [9.17, 15) is 8.78 Å². The van der Waals surface area contributed by atoms with Crippen molar-refractivity contribution in [3.63, 3.8) is 0 Å². The van der Waals surface area contributed by atoms with Gasteiger partial charge in [0.2, 0.25) is 0 Å². The minimum absolute atomic E-state index is 0.000139. The summed E-state index contributed by atoms with van der Waals surface area (Å²) in [7, 11) is 0. The van der Waals surface area contributed by atoms with Crippen LogP contribution in [0.15, 0.2) is 36.5 Å². The van der Waals surface area contributed by atoms with Gasteiger partial charge in [0.05, 0.1) is 0 Å². The molecular weight excluding hydrogens is 270 g/mol. The molecule has 2 aromatic rings. The highest BCUT2D eigenvalue weighted by molar-refractivity contribution is 5.27. The van der Waals surface area contributed by atoms with Crippen molar-refractivity contribution in [3.05, 3.63) is 65.0 Å². The Bertz CT molecular complexity index is 579. The molecule has 0 amide bonds. The van der Waals surface area contributed by atoms with Gasteiger partial charge in [0.15, 0.2) is 0 Å². The Morgan fingerprint density at radius 2 is 1.90 bits per heavy atom. The van der Waals surface area contributed by atoms with Crippen molar-refractivity contribution in [2.75, 3.05) is 6.54 Å². The number of halogens is 2. The summed E-state index contributed by atoms with van der Waals surface area (Å²) in [5, 5.41) is 3.43. The van der Waals surface area contributed by atoms with E-state index < -0.39 is 11.6 Å². The second-order valence-corrected chi connectivity index (χ2v) is 5.17. The summed E-state index contributed by atoms with van der Waals surface area (Å²) in [6.45, 7) is 4.88. The van der Waals surface area contributed by atoms with Crippen LogP contribution in [0.25, 0.3) is 0 Å². The highest BCUT2D eigenvalue weighted by Gasteiger charge is 2.15. The third-order valence-electron chi connectivity index (χ3n) is 3.43. The van der Waals surface area contributed by atoms with Crippen molar-refractivity contribution in [1.29, 1.82) is 0 Å². The number of nitrogens with one attached hydrogen (secondary N) is 1. The Labute approximate surface area is 124 Å². The van der Waals surface area contributed by atoms with E-state index in [1.807, 2.05) is 19.1 Å². The Morgan fingerprint density at radius 3 is 2.52 bits per heavy atom. The largest absolute Gasteiger partial charge is 0.310 e. The van der Waals surface area contributed by atoms with Gasteiger partial charge in [-0.2, -0.15) is 0 Å². The second-order valence-electron chi connectivity index (χ2n) is 5.17. The fraction of sp³-hybridized carbons (Fsp3) is 0.353. The van der Waals surface area contributed by atoms with Gasteiger partial charge >= 0.3 is 0 Å². The highest BCUT2D eigenvalue weighted by atomic mass is 19.1. The van der Waals surface area contributed by atoms with Crippen molar-refractivity contribution in [3.8, 4) is 0 Å². The minimum atomic E-state index is -0.540. The Morgan fingerprint density at radius 1 is 1.19 bits per heavy atom. The van der Waals surface area contributed by atoms with Crippen molar-refractivity contribution >= 4 is 0 Å². The molecule has 0 aliphatic heterocycles. The molecule has 0 fully saturated rings. The predicted molar refractivity (Wildman–Crippen MR) is 80.1 cm³/mol. The van der Waals surface area contributed by atoms with Crippen LogP contribution in [0.4, 0.5) is 8.78 Å². The average molecular weight is 290 g/mol. The zero-order chi connectivity index (χ0) is 15.2. The molecule has 1 N–H and O–H groups in total. The number of benzene rings is 1. The van der Waals surface area contributed by atoms with E-state index in [0.717, 1.165) is 30.3 Å². The molecular formula is C17H20F2N2. The number of pyridine rings is 1. The standard InChI is InChI=1S/C17H20F2N2/c1-3-6-21-17(16-5-4-7-20-12(16)2)10-13-8-14(18)11-15(19)9-13/h4-5,7-9,11,17,21H,3,6,10H2,1-2H3. The number of hydrogen-bond donors (Lipinski definition) is 1. The van der Waals surface area contributed by atoms with Crippen LogP contribution in [-0.4, -0.2) is 11.5 Å². The molecule has 21 heavy (non-hydrogen) atoms. The van der Waals surface area contributed by atoms with Crippen molar-refractivity contribution in [1.82, 2.24) is 10.3 Å². The normalized spacial score (nSPS) is 12.4. The first kappa shape index (κ1) is 15.6.